The molecule has 2 fully saturated rings. The molecule has 2 bridgehead atoms. The van der Waals surface area contributed by atoms with Gasteiger partial charge in [-0.1, -0.05) is 0 Å². The quantitative estimate of drug-likeness (QED) is 0.580. The van der Waals surface area contributed by atoms with Crippen LogP contribution in [-0.2, 0) is 9.59 Å². The van der Waals surface area contributed by atoms with Crippen LogP contribution in [-0.4, -0.2) is 11.7 Å². The molecule has 1 amide bonds. The third-order valence-corrected chi connectivity index (χ3v) is 3.00. The topological polar surface area (TPSA) is 60.2 Å². The van der Waals surface area contributed by atoms with Gasteiger partial charge in [-0.2, -0.15) is 0 Å². The van der Waals surface area contributed by atoms with Gasteiger partial charge in [-0.15, -0.1) is 0 Å². The maximum atomic E-state index is 11.1. The molecule has 2 aliphatic rings. The van der Waals surface area contributed by atoms with E-state index in [9.17, 15) is 9.59 Å². The fourth-order valence-corrected chi connectivity index (χ4v) is 2.51. The number of hydrogen-bond donors (Lipinski definition) is 1. The van der Waals surface area contributed by atoms with E-state index in [0.29, 0.717) is 6.42 Å². The highest BCUT2D eigenvalue weighted by molar-refractivity contribution is 5.93. The third-order valence-electron chi connectivity index (χ3n) is 3.00. The van der Waals surface area contributed by atoms with Gasteiger partial charge in [0.15, 0.2) is 0 Å². The van der Waals surface area contributed by atoms with Crippen LogP contribution >= 0.6 is 0 Å². The molecule has 0 unspecified atom stereocenters. The Morgan fingerprint density at radius 3 is 2.45 bits per heavy atom. The molecule has 2 N–H and O–H groups in total. The van der Waals surface area contributed by atoms with E-state index in [2.05, 4.69) is 0 Å². The molecule has 0 spiro atoms. The van der Waals surface area contributed by atoms with E-state index < -0.39 is 0 Å². The molecule has 0 saturated heterocycles. The van der Waals surface area contributed by atoms with E-state index in [1.807, 2.05) is 0 Å². The van der Waals surface area contributed by atoms with Gasteiger partial charge in [-0.25, -0.2) is 0 Å². The van der Waals surface area contributed by atoms with Crippen molar-refractivity contribution in [2.75, 3.05) is 0 Å². The summed E-state index contributed by atoms with van der Waals surface area (Å²) >= 11 is 0. The second kappa shape index (κ2) is 2.06. The van der Waals surface area contributed by atoms with Crippen molar-refractivity contribution in [1.29, 1.82) is 0 Å². The number of carbonyl (C=O) groups is 2. The number of rotatable bonds is 1. The number of primary amides is 1. The number of amides is 1. The first-order chi connectivity index (χ1) is 5.20. The molecule has 0 aromatic carbocycles. The Hall–Kier alpha value is -0.860. The summed E-state index contributed by atoms with van der Waals surface area (Å²) in [7, 11) is 0. The molecule has 3 nitrogen and oxygen atoms in total. The van der Waals surface area contributed by atoms with Gasteiger partial charge in [0, 0.05) is 12.3 Å². The summed E-state index contributed by atoms with van der Waals surface area (Å²) in [5.74, 6) is 0.124. The molecule has 0 radical (unpaired) electrons. The van der Waals surface area contributed by atoms with Crippen LogP contribution in [0.3, 0.4) is 0 Å². The summed E-state index contributed by atoms with van der Waals surface area (Å²) in [6, 6.07) is 0. The maximum Gasteiger partial charge on any atom is 0.221 e. The molecule has 3 atom stereocenters. The normalized spacial score (nSPS) is 41.5. The van der Waals surface area contributed by atoms with Crippen LogP contribution in [0.5, 0.6) is 0 Å². The molecule has 0 aliphatic heterocycles. The minimum atomic E-state index is -0.275. The minimum absolute atomic E-state index is 0.0162. The molecular weight excluding hydrogens is 142 g/mol. The second-order valence-corrected chi connectivity index (χ2v) is 3.54. The second-order valence-electron chi connectivity index (χ2n) is 3.54. The molecule has 60 valence electrons. The van der Waals surface area contributed by atoms with Crippen molar-refractivity contribution in [2.24, 2.45) is 23.5 Å². The summed E-state index contributed by atoms with van der Waals surface area (Å²) in [4.78, 5) is 22.0. The lowest BCUT2D eigenvalue weighted by molar-refractivity contribution is -0.127. The molecule has 11 heavy (non-hydrogen) atoms. The van der Waals surface area contributed by atoms with E-state index in [4.69, 9.17) is 5.73 Å². The van der Waals surface area contributed by atoms with Crippen molar-refractivity contribution >= 4 is 11.7 Å². The standard InChI is InChI=1S/C8H11NO2/c9-8(11)7-4-1-2-5(7)6(10)3-4/h4-5,7H,1-3H2,(H2,9,11)/t4-,5-,7+/m1/s1. The van der Waals surface area contributed by atoms with Crippen molar-refractivity contribution in [2.45, 2.75) is 19.3 Å². The number of fused-ring (bicyclic) bond motifs is 2. The van der Waals surface area contributed by atoms with E-state index in [0.717, 1.165) is 12.8 Å². The monoisotopic (exact) mass is 153 g/mol. The Labute approximate surface area is 64.9 Å². The third kappa shape index (κ3) is 0.800. The van der Waals surface area contributed by atoms with Gasteiger partial charge in [0.05, 0.1) is 5.92 Å². The molecule has 0 aromatic heterocycles. The Kier molecular flexibility index (Phi) is 1.28. The minimum Gasteiger partial charge on any atom is -0.369 e. The van der Waals surface area contributed by atoms with Gasteiger partial charge in [0.2, 0.25) is 5.91 Å². The highest BCUT2D eigenvalue weighted by Crippen LogP contribution is 2.46. The number of carbonyl (C=O) groups excluding carboxylic acids is 2. The number of nitrogens with two attached hydrogens (primary N) is 1. The van der Waals surface area contributed by atoms with E-state index in [1.54, 1.807) is 0 Å². The van der Waals surface area contributed by atoms with E-state index >= 15 is 0 Å². The van der Waals surface area contributed by atoms with Gasteiger partial charge in [-0.3, -0.25) is 9.59 Å². The molecular formula is C8H11NO2. The molecule has 2 rings (SSSR count). The summed E-state index contributed by atoms with van der Waals surface area (Å²) in [6.07, 6.45) is 2.50. The first-order valence-corrected chi connectivity index (χ1v) is 4.02. The summed E-state index contributed by atoms with van der Waals surface area (Å²) in [6.45, 7) is 0. The summed E-state index contributed by atoms with van der Waals surface area (Å²) in [5.41, 5.74) is 5.19. The predicted molar refractivity (Wildman–Crippen MR) is 38.5 cm³/mol. The van der Waals surface area contributed by atoms with Crippen LogP contribution < -0.4 is 5.73 Å². The lowest BCUT2D eigenvalue weighted by Crippen LogP contribution is -2.27. The zero-order valence-electron chi connectivity index (χ0n) is 6.25. The fraction of sp³-hybridized carbons (Fsp3) is 0.750. The van der Waals surface area contributed by atoms with Gasteiger partial charge < -0.3 is 5.73 Å². The van der Waals surface area contributed by atoms with Crippen LogP contribution in [0.15, 0.2) is 0 Å². The van der Waals surface area contributed by atoms with Crippen molar-refractivity contribution in [1.82, 2.24) is 0 Å². The molecule has 0 heterocycles. The first-order valence-electron chi connectivity index (χ1n) is 4.02. The fourth-order valence-electron chi connectivity index (χ4n) is 2.51. The van der Waals surface area contributed by atoms with Crippen molar-refractivity contribution < 1.29 is 9.59 Å². The van der Waals surface area contributed by atoms with Gasteiger partial charge in [-0.05, 0) is 18.8 Å². The highest BCUT2D eigenvalue weighted by atomic mass is 16.1. The largest absolute Gasteiger partial charge is 0.369 e. The van der Waals surface area contributed by atoms with E-state index in [-0.39, 0.29) is 29.4 Å². The SMILES string of the molecule is NC(=O)[C@H]1[C@@H]2CC[C@@H]1C(=O)C2. The smallest absolute Gasteiger partial charge is 0.221 e. The van der Waals surface area contributed by atoms with Crippen molar-refractivity contribution in [3.05, 3.63) is 0 Å². The average molecular weight is 153 g/mol. The number of Topliss-reactive ketones (excluding diaryl/α,β-unsaturated/α-hetero) is 1. The predicted octanol–water partition coefficient (Wildman–Crippen LogP) is 0.0869. The summed E-state index contributed by atoms with van der Waals surface area (Å²) in [5, 5.41) is 0. The Morgan fingerprint density at radius 1 is 1.45 bits per heavy atom. The Bertz CT molecular complexity index is 224. The van der Waals surface area contributed by atoms with Crippen LogP contribution in [0.1, 0.15) is 19.3 Å². The Morgan fingerprint density at radius 2 is 2.18 bits per heavy atom. The van der Waals surface area contributed by atoms with Crippen LogP contribution in [0.2, 0.25) is 0 Å². The Balaban J connectivity index is 2.25. The lowest BCUT2D eigenvalue weighted by atomic mass is 9.97. The lowest BCUT2D eigenvalue weighted by Gasteiger charge is -2.07. The van der Waals surface area contributed by atoms with Crippen LogP contribution in [0, 0.1) is 17.8 Å². The molecule has 0 aromatic rings. The van der Waals surface area contributed by atoms with Gasteiger partial charge >= 0.3 is 0 Å². The zero-order chi connectivity index (χ0) is 8.01. The van der Waals surface area contributed by atoms with Gasteiger partial charge in [0.1, 0.15) is 5.78 Å². The maximum absolute atomic E-state index is 11.1. The molecule has 2 aliphatic carbocycles. The summed E-state index contributed by atoms with van der Waals surface area (Å²) < 4.78 is 0. The highest BCUT2D eigenvalue weighted by Gasteiger charge is 2.49. The number of ketones is 1. The molecule has 2 saturated carbocycles. The van der Waals surface area contributed by atoms with Crippen molar-refractivity contribution in [3.63, 3.8) is 0 Å². The van der Waals surface area contributed by atoms with Crippen LogP contribution in [0.25, 0.3) is 0 Å². The average Bonchev–Trinajstić information content (AvgIpc) is 2.41. The van der Waals surface area contributed by atoms with Crippen LogP contribution in [0.4, 0.5) is 0 Å². The number of hydrogen-bond acceptors (Lipinski definition) is 2. The van der Waals surface area contributed by atoms with E-state index in [1.165, 1.54) is 0 Å². The first kappa shape index (κ1) is 6.83. The zero-order valence-corrected chi connectivity index (χ0v) is 6.25. The van der Waals surface area contributed by atoms with Gasteiger partial charge in [0.25, 0.3) is 0 Å². The molecule has 3 heteroatoms. The van der Waals surface area contributed by atoms with Crippen molar-refractivity contribution in [3.8, 4) is 0 Å².